The largest absolute Gasteiger partial charge is 0.320 e. The topological polar surface area (TPSA) is 54.5 Å². The van der Waals surface area contributed by atoms with Gasteiger partial charge in [-0.15, -0.1) is 10.2 Å². The second-order valence-corrected chi connectivity index (χ2v) is 5.02. The van der Waals surface area contributed by atoms with Crippen LogP contribution in [0.2, 0.25) is 0 Å². The molecular weight excluding hydrogens is 292 g/mol. The van der Waals surface area contributed by atoms with Crippen LogP contribution in [0.4, 0.5) is 0 Å². The summed E-state index contributed by atoms with van der Waals surface area (Å²) in [6.07, 6.45) is 2.94. The van der Waals surface area contributed by atoms with Gasteiger partial charge < -0.3 is 4.57 Å². The molecule has 4 nitrogen and oxygen atoms in total. The maximum atomic E-state index is 8.78. The predicted molar refractivity (Wildman–Crippen MR) is 71.8 cm³/mol. The van der Waals surface area contributed by atoms with Gasteiger partial charge >= 0.3 is 0 Å². The van der Waals surface area contributed by atoms with Crippen LogP contribution in [0.5, 0.6) is 0 Å². The summed E-state index contributed by atoms with van der Waals surface area (Å²) >= 11 is 3.47. The Morgan fingerprint density at radius 2 is 2.33 bits per heavy atom. The fourth-order valence-electron chi connectivity index (χ4n) is 1.98. The average Bonchev–Trinajstić information content (AvgIpc) is 2.77. The molecule has 0 spiro atoms. The molecule has 2 aromatic rings. The zero-order chi connectivity index (χ0) is 13.0. The number of hydrogen-bond acceptors (Lipinski definition) is 3. The van der Waals surface area contributed by atoms with Crippen LogP contribution in [0.15, 0.2) is 35.1 Å². The number of hydrogen-bond donors (Lipinski definition) is 0. The average molecular weight is 305 g/mol. The van der Waals surface area contributed by atoms with Gasteiger partial charge in [0, 0.05) is 23.9 Å². The Bertz CT molecular complexity index is 570. The van der Waals surface area contributed by atoms with Gasteiger partial charge in [-0.2, -0.15) is 5.26 Å². The highest BCUT2D eigenvalue weighted by atomic mass is 79.9. The Hall–Kier alpha value is -1.67. The Balaban J connectivity index is 2.37. The third-order valence-electron chi connectivity index (χ3n) is 2.85. The molecule has 5 heteroatoms. The minimum absolute atomic E-state index is 0.106. The minimum atomic E-state index is 0.106. The Labute approximate surface area is 114 Å². The van der Waals surface area contributed by atoms with Crippen LogP contribution in [0.25, 0.3) is 0 Å². The lowest BCUT2D eigenvalue weighted by Gasteiger charge is -2.15. The van der Waals surface area contributed by atoms with E-state index >= 15 is 0 Å². The highest BCUT2D eigenvalue weighted by molar-refractivity contribution is 9.10. The van der Waals surface area contributed by atoms with Crippen molar-refractivity contribution in [2.45, 2.75) is 18.8 Å². The number of rotatable bonds is 4. The van der Waals surface area contributed by atoms with E-state index in [0.717, 1.165) is 22.3 Å². The monoisotopic (exact) mass is 304 g/mol. The van der Waals surface area contributed by atoms with Crippen molar-refractivity contribution in [3.63, 3.8) is 0 Å². The standard InChI is InChI=1S/C13H13BrN4/c1-18-9-16-17-13(18)12(6-3-7-15)10-4-2-5-11(14)8-10/h2,4-5,8-9,12H,3,6H2,1H3. The SMILES string of the molecule is Cn1cnnc1C(CCC#N)c1cccc(Br)c1. The van der Waals surface area contributed by atoms with Crippen LogP contribution >= 0.6 is 15.9 Å². The summed E-state index contributed by atoms with van der Waals surface area (Å²) in [5.41, 5.74) is 1.15. The molecule has 1 heterocycles. The molecule has 0 aliphatic heterocycles. The van der Waals surface area contributed by atoms with Crippen LogP contribution in [0.3, 0.4) is 0 Å². The summed E-state index contributed by atoms with van der Waals surface area (Å²) in [5, 5.41) is 16.9. The maximum Gasteiger partial charge on any atom is 0.140 e. The lowest BCUT2D eigenvalue weighted by molar-refractivity contribution is 0.648. The summed E-state index contributed by atoms with van der Waals surface area (Å²) in [5.74, 6) is 0.998. The van der Waals surface area contributed by atoms with Crippen LogP contribution in [0, 0.1) is 11.3 Å². The van der Waals surface area contributed by atoms with Gasteiger partial charge in [-0.05, 0) is 24.1 Å². The number of benzene rings is 1. The van der Waals surface area contributed by atoms with E-state index in [4.69, 9.17) is 5.26 Å². The molecule has 1 aromatic carbocycles. The van der Waals surface area contributed by atoms with Crippen molar-refractivity contribution >= 4 is 15.9 Å². The van der Waals surface area contributed by atoms with Gasteiger partial charge in [-0.1, -0.05) is 28.1 Å². The van der Waals surface area contributed by atoms with Crippen molar-refractivity contribution in [1.29, 1.82) is 5.26 Å². The van der Waals surface area contributed by atoms with E-state index in [1.807, 2.05) is 23.7 Å². The van der Waals surface area contributed by atoms with E-state index in [1.165, 1.54) is 0 Å². The van der Waals surface area contributed by atoms with E-state index in [0.29, 0.717) is 6.42 Å². The van der Waals surface area contributed by atoms with Crippen LogP contribution < -0.4 is 0 Å². The highest BCUT2D eigenvalue weighted by Crippen LogP contribution is 2.29. The quantitative estimate of drug-likeness (QED) is 0.872. The third-order valence-corrected chi connectivity index (χ3v) is 3.35. The number of nitriles is 1. The van der Waals surface area contributed by atoms with Crippen molar-refractivity contribution in [2.24, 2.45) is 7.05 Å². The number of aromatic nitrogens is 3. The number of halogens is 1. The van der Waals surface area contributed by atoms with E-state index in [1.54, 1.807) is 6.33 Å². The minimum Gasteiger partial charge on any atom is -0.320 e. The molecule has 0 saturated carbocycles. The van der Waals surface area contributed by atoms with Crippen molar-refractivity contribution in [3.8, 4) is 6.07 Å². The first-order valence-electron chi connectivity index (χ1n) is 5.68. The third kappa shape index (κ3) is 2.77. The summed E-state index contributed by atoms with van der Waals surface area (Å²) in [6.45, 7) is 0. The van der Waals surface area contributed by atoms with Gasteiger partial charge in [-0.25, -0.2) is 0 Å². The summed E-state index contributed by atoms with van der Waals surface area (Å²) < 4.78 is 2.94. The van der Waals surface area contributed by atoms with Crippen LogP contribution in [0.1, 0.15) is 30.1 Å². The van der Waals surface area contributed by atoms with Crippen molar-refractivity contribution in [2.75, 3.05) is 0 Å². The summed E-state index contributed by atoms with van der Waals surface area (Å²) in [4.78, 5) is 0. The molecule has 2 rings (SSSR count). The first-order valence-corrected chi connectivity index (χ1v) is 6.48. The molecule has 1 aromatic heterocycles. The molecule has 0 radical (unpaired) electrons. The molecule has 0 fully saturated rings. The zero-order valence-corrected chi connectivity index (χ0v) is 11.6. The fourth-order valence-corrected chi connectivity index (χ4v) is 2.40. The second kappa shape index (κ2) is 5.78. The number of nitrogens with zero attached hydrogens (tertiary/aromatic N) is 4. The van der Waals surface area contributed by atoms with Gasteiger partial charge in [0.15, 0.2) is 0 Å². The smallest absolute Gasteiger partial charge is 0.140 e. The van der Waals surface area contributed by atoms with Crippen molar-refractivity contribution < 1.29 is 0 Å². The molecule has 1 atom stereocenters. The molecule has 18 heavy (non-hydrogen) atoms. The fraction of sp³-hybridized carbons (Fsp3) is 0.308. The van der Waals surface area contributed by atoms with Crippen molar-refractivity contribution in [1.82, 2.24) is 14.8 Å². The molecular formula is C13H13BrN4. The van der Waals surface area contributed by atoms with Gasteiger partial charge in [0.25, 0.3) is 0 Å². The van der Waals surface area contributed by atoms with E-state index in [-0.39, 0.29) is 5.92 Å². The van der Waals surface area contributed by atoms with E-state index in [9.17, 15) is 0 Å². The molecule has 0 aliphatic carbocycles. The van der Waals surface area contributed by atoms with Crippen molar-refractivity contribution in [3.05, 3.63) is 46.5 Å². The molecule has 1 unspecified atom stereocenters. The van der Waals surface area contributed by atoms with Crippen LogP contribution in [-0.2, 0) is 7.05 Å². The molecule has 0 N–H and O–H groups in total. The highest BCUT2D eigenvalue weighted by Gasteiger charge is 2.19. The molecule has 0 amide bonds. The van der Waals surface area contributed by atoms with Gasteiger partial charge in [0.1, 0.15) is 12.2 Å². The Morgan fingerprint density at radius 1 is 1.50 bits per heavy atom. The molecule has 0 bridgehead atoms. The van der Waals surface area contributed by atoms with Gasteiger partial charge in [0.05, 0.1) is 6.07 Å². The van der Waals surface area contributed by atoms with Crippen LogP contribution in [-0.4, -0.2) is 14.8 Å². The van der Waals surface area contributed by atoms with E-state index < -0.39 is 0 Å². The Kier molecular flexibility index (Phi) is 4.11. The first-order chi connectivity index (χ1) is 8.72. The Morgan fingerprint density at radius 3 is 2.94 bits per heavy atom. The lowest BCUT2D eigenvalue weighted by Crippen LogP contribution is -2.08. The van der Waals surface area contributed by atoms with Gasteiger partial charge in [0.2, 0.25) is 0 Å². The normalized spacial score (nSPS) is 12.1. The first kappa shape index (κ1) is 12.8. The zero-order valence-electron chi connectivity index (χ0n) is 10.0. The molecule has 0 saturated heterocycles. The second-order valence-electron chi connectivity index (χ2n) is 4.10. The number of aryl methyl sites for hydroxylation is 1. The predicted octanol–water partition coefficient (Wildman–Crippen LogP) is 3.01. The van der Waals surface area contributed by atoms with E-state index in [2.05, 4.69) is 44.3 Å². The molecule has 0 aliphatic rings. The summed E-state index contributed by atoms with van der Waals surface area (Å²) in [6, 6.07) is 10.3. The summed E-state index contributed by atoms with van der Waals surface area (Å²) in [7, 11) is 1.92. The molecule has 92 valence electrons. The van der Waals surface area contributed by atoms with Gasteiger partial charge in [-0.3, -0.25) is 0 Å². The lowest BCUT2D eigenvalue weighted by atomic mass is 9.93. The maximum absolute atomic E-state index is 8.78.